The number of piperidine rings is 3. The van der Waals surface area contributed by atoms with Crippen LogP contribution in [0.4, 0.5) is 0 Å². The molecule has 1 atom stereocenters. The van der Waals surface area contributed by atoms with Crippen LogP contribution in [-0.2, 0) is 4.79 Å². The van der Waals surface area contributed by atoms with Gasteiger partial charge in [-0.2, -0.15) is 0 Å². The van der Waals surface area contributed by atoms with Gasteiger partial charge in [-0.15, -0.1) is 0 Å². The molecular weight excluding hydrogens is 288 g/mol. The first-order valence-corrected chi connectivity index (χ1v) is 8.54. The second kappa shape index (κ2) is 7.28. The molecule has 1 N–H and O–H groups in total. The van der Waals surface area contributed by atoms with E-state index in [1.165, 1.54) is 31.5 Å². The van der Waals surface area contributed by atoms with Crippen molar-refractivity contribution in [3.05, 3.63) is 47.5 Å². The Morgan fingerprint density at radius 2 is 2.04 bits per heavy atom. The number of carbonyl (C=O) groups excluding carboxylic acids is 1. The Morgan fingerprint density at radius 1 is 1.35 bits per heavy atom. The number of likely N-dealkylation sites (N-methyl/N-ethyl adjacent to an activating group) is 1. The molecule has 1 aromatic carbocycles. The lowest BCUT2D eigenvalue weighted by molar-refractivity contribution is -0.127. The lowest BCUT2D eigenvalue weighted by Gasteiger charge is -2.41. The normalized spacial score (nSPS) is 26.3. The van der Waals surface area contributed by atoms with E-state index in [1.54, 1.807) is 4.90 Å². The highest BCUT2D eigenvalue weighted by Gasteiger charge is 2.30. The summed E-state index contributed by atoms with van der Waals surface area (Å²) in [5.41, 5.74) is 2.36. The quantitative estimate of drug-likeness (QED) is 0.848. The molecule has 4 rings (SSSR count). The minimum atomic E-state index is -0.0772. The molecule has 1 amide bonds. The van der Waals surface area contributed by atoms with Gasteiger partial charge in [0.1, 0.15) is 0 Å². The standard InChI is InChI=1S/C19H26N2O2/c1-20(18(9-12-22)16-5-3-2-4-6-16)19(23)13-17-14-21-10-7-15(17)8-11-21/h2-6,13,15,18,22H,7-12,14H2,1H3/b17-13-. The van der Waals surface area contributed by atoms with Gasteiger partial charge in [0.25, 0.3) is 0 Å². The highest BCUT2D eigenvalue weighted by atomic mass is 16.3. The number of hydrogen-bond donors (Lipinski definition) is 1. The highest BCUT2D eigenvalue weighted by molar-refractivity contribution is 5.88. The van der Waals surface area contributed by atoms with Crippen molar-refractivity contribution in [3.8, 4) is 0 Å². The second-order valence-corrected chi connectivity index (χ2v) is 6.66. The number of rotatable bonds is 5. The van der Waals surface area contributed by atoms with Crippen molar-refractivity contribution in [1.29, 1.82) is 0 Å². The number of benzene rings is 1. The summed E-state index contributed by atoms with van der Waals surface area (Å²) in [6.07, 6.45) is 4.78. The topological polar surface area (TPSA) is 43.8 Å². The molecule has 1 unspecified atom stereocenters. The first-order chi connectivity index (χ1) is 11.2. The van der Waals surface area contributed by atoms with Gasteiger partial charge in [-0.3, -0.25) is 9.69 Å². The molecule has 0 aliphatic carbocycles. The van der Waals surface area contributed by atoms with Crippen LogP contribution >= 0.6 is 0 Å². The van der Waals surface area contributed by atoms with Gasteiger partial charge in [0, 0.05) is 26.3 Å². The zero-order chi connectivity index (χ0) is 16.2. The third kappa shape index (κ3) is 3.65. The molecule has 1 aromatic rings. The average molecular weight is 314 g/mol. The Balaban J connectivity index is 1.74. The van der Waals surface area contributed by atoms with Crippen LogP contribution in [0.25, 0.3) is 0 Å². The lowest BCUT2D eigenvalue weighted by Crippen LogP contribution is -2.43. The largest absolute Gasteiger partial charge is 0.396 e. The smallest absolute Gasteiger partial charge is 0.246 e. The number of carbonyl (C=O) groups is 1. The van der Waals surface area contributed by atoms with Gasteiger partial charge in [0.2, 0.25) is 5.91 Å². The van der Waals surface area contributed by atoms with E-state index in [2.05, 4.69) is 4.90 Å². The Bertz CT molecular complexity index is 562. The minimum absolute atomic E-state index is 0.0519. The molecule has 2 bridgehead atoms. The zero-order valence-corrected chi connectivity index (χ0v) is 13.8. The van der Waals surface area contributed by atoms with Crippen molar-refractivity contribution in [1.82, 2.24) is 9.80 Å². The fourth-order valence-electron chi connectivity index (χ4n) is 3.81. The predicted molar refractivity (Wildman–Crippen MR) is 90.9 cm³/mol. The lowest BCUT2D eigenvalue weighted by atomic mass is 9.83. The fourth-order valence-corrected chi connectivity index (χ4v) is 3.81. The SMILES string of the molecule is CN(C(=O)/C=C1/CN2CCC1CC2)C(CCO)c1ccccc1. The van der Waals surface area contributed by atoms with Crippen LogP contribution in [0.15, 0.2) is 42.0 Å². The zero-order valence-electron chi connectivity index (χ0n) is 13.8. The van der Waals surface area contributed by atoms with Crippen LogP contribution in [0.1, 0.15) is 30.9 Å². The number of aliphatic hydroxyl groups excluding tert-OH is 1. The summed E-state index contributed by atoms with van der Waals surface area (Å²) in [4.78, 5) is 16.9. The van der Waals surface area contributed by atoms with Crippen LogP contribution in [0, 0.1) is 5.92 Å². The van der Waals surface area contributed by atoms with Crippen molar-refractivity contribution in [2.45, 2.75) is 25.3 Å². The van der Waals surface area contributed by atoms with Gasteiger partial charge in [0.05, 0.1) is 6.04 Å². The number of aliphatic hydroxyl groups is 1. The van der Waals surface area contributed by atoms with E-state index in [0.29, 0.717) is 12.3 Å². The molecule has 4 heteroatoms. The van der Waals surface area contributed by atoms with E-state index in [1.807, 2.05) is 43.5 Å². The van der Waals surface area contributed by atoms with Gasteiger partial charge in [-0.1, -0.05) is 30.3 Å². The molecule has 3 saturated heterocycles. The molecular formula is C19H26N2O2. The summed E-state index contributed by atoms with van der Waals surface area (Å²) < 4.78 is 0. The Morgan fingerprint density at radius 3 is 2.61 bits per heavy atom. The summed E-state index contributed by atoms with van der Waals surface area (Å²) in [5.74, 6) is 0.640. The molecule has 0 saturated carbocycles. The van der Waals surface area contributed by atoms with Gasteiger partial charge in [-0.05, 0) is 49.4 Å². The number of amides is 1. The maximum Gasteiger partial charge on any atom is 0.246 e. The van der Waals surface area contributed by atoms with E-state index in [9.17, 15) is 9.90 Å². The molecule has 0 radical (unpaired) electrons. The maximum atomic E-state index is 12.7. The van der Waals surface area contributed by atoms with Gasteiger partial charge < -0.3 is 10.0 Å². The molecule has 23 heavy (non-hydrogen) atoms. The molecule has 4 nitrogen and oxygen atoms in total. The van der Waals surface area contributed by atoms with E-state index in [4.69, 9.17) is 0 Å². The summed E-state index contributed by atoms with van der Waals surface area (Å²) in [5, 5.41) is 9.38. The van der Waals surface area contributed by atoms with Crippen molar-refractivity contribution in [2.75, 3.05) is 33.3 Å². The summed E-state index contributed by atoms with van der Waals surface area (Å²) in [6.45, 7) is 3.36. The highest BCUT2D eigenvalue weighted by Crippen LogP contribution is 2.32. The third-order valence-corrected chi connectivity index (χ3v) is 5.23. The van der Waals surface area contributed by atoms with Crippen LogP contribution in [0.5, 0.6) is 0 Å². The van der Waals surface area contributed by atoms with E-state index in [0.717, 1.165) is 12.1 Å². The predicted octanol–water partition coefficient (Wildman–Crippen LogP) is 2.22. The summed E-state index contributed by atoms with van der Waals surface area (Å²) in [6, 6.07) is 9.88. The maximum absolute atomic E-state index is 12.7. The Labute approximate surface area is 138 Å². The van der Waals surface area contributed by atoms with E-state index < -0.39 is 0 Å². The second-order valence-electron chi connectivity index (χ2n) is 6.66. The van der Waals surface area contributed by atoms with Crippen molar-refractivity contribution in [3.63, 3.8) is 0 Å². The van der Waals surface area contributed by atoms with Crippen LogP contribution < -0.4 is 0 Å². The third-order valence-electron chi connectivity index (χ3n) is 5.23. The number of fused-ring (bicyclic) bond motifs is 3. The van der Waals surface area contributed by atoms with E-state index in [-0.39, 0.29) is 18.6 Å². The first kappa shape index (κ1) is 16.2. The average Bonchev–Trinajstić information content (AvgIpc) is 2.61. The first-order valence-electron chi connectivity index (χ1n) is 8.54. The molecule has 3 aliphatic heterocycles. The van der Waals surface area contributed by atoms with Gasteiger partial charge >= 0.3 is 0 Å². The van der Waals surface area contributed by atoms with Gasteiger partial charge in [-0.25, -0.2) is 0 Å². The van der Waals surface area contributed by atoms with Crippen LogP contribution in [0.3, 0.4) is 0 Å². The van der Waals surface area contributed by atoms with Crippen molar-refractivity contribution >= 4 is 5.91 Å². The molecule has 3 aliphatic rings. The molecule has 0 spiro atoms. The number of hydrogen-bond acceptors (Lipinski definition) is 3. The Kier molecular flexibility index (Phi) is 5.13. The minimum Gasteiger partial charge on any atom is -0.396 e. The molecule has 3 heterocycles. The molecule has 0 aromatic heterocycles. The van der Waals surface area contributed by atoms with Gasteiger partial charge in [0.15, 0.2) is 0 Å². The van der Waals surface area contributed by atoms with Crippen LogP contribution in [-0.4, -0.2) is 54.1 Å². The molecule has 3 fully saturated rings. The summed E-state index contributed by atoms with van der Waals surface area (Å²) >= 11 is 0. The Hall–Kier alpha value is -1.65. The monoisotopic (exact) mass is 314 g/mol. The molecule has 124 valence electrons. The number of nitrogens with zero attached hydrogens (tertiary/aromatic N) is 2. The van der Waals surface area contributed by atoms with E-state index >= 15 is 0 Å². The van der Waals surface area contributed by atoms with Crippen LogP contribution in [0.2, 0.25) is 0 Å². The summed E-state index contributed by atoms with van der Waals surface area (Å²) in [7, 11) is 1.84. The van der Waals surface area contributed by atoms with Crippen molar-refractivity contribution in [2.24, 2.45) is 5.92 Å². The fraction of sp³-hybridized carbons (Fsp3) is 0.526. The van der Waals surface area contributed by atoms with Crippen molar-refractivity contribution < 1.29 is 9.90 Å².